The lowest BCUT2D eigenvalue weighted by Gasteiger charge is -2.19. The highest BCUT2D eigenvalue weighted by molar-refractivity contribution is 8.15. The van der Waals surface area contributed by atoms with E-state index in [0.29, 0.717) is 36.7 Å². The average molecular weight is 537 g/mol. The van der Waals surface area contributed by atoms with Crippen LogP contribution in [0.25, 0.3) is 0 Å². The normalized spacial score (nSPS) is 15.5. The van der Waals surface area contributed by atoms with Gasteiger partial charge in [0.15, 0.2) is 0 Å². The van der Waals surface area contributed by atoms with Crippen LogP contribution in [0.4, 0.5) is 10.6 Å². The molecule has 0 saturated carbocycles. The molecule has 2 aromatic rings. The zero-order valence-corrected chi connectivity index (χ0v) is 22.0. The Morgan fingerprint density at radius 2 is 1.92 bits per heavy atom. The lowest BCUT2D eigenvalue weighted by atomic mass is 10.1. The molecule has 1 unspecified atom stereocenters. The van der Waals surface area contributed by atoms with E-state index in [1.54, 1.807) is 18.3 Å². The van der Waals surface area contributed by atoms with E-state index in [9.17, 15) is 18.9 Å². The smallest absolute Gasteiger partial charge is 0.331 e. The number of ether oxygens (including phenoxy) is 1. The molecule has 1 saturated heterocycles. The number of carbonyl (C=O) groups excluding carboxylic acids is 3. The van der Waals surface area contributed by atoms with Crippen LogP contribution in [0.3, 0.4) is 0 Å². The van der Waals surface area contributed by atoms with E-state index in [1.807, 2.05) is 36.2 Å². The molecule has 0 bridgehead atoms. The Morgan fingerprint density at radius 3 is 2.56 bits per heavy atom. The molecule has 36 heavy (non-hydrogen) atoms. The van der Waals surface area contributed by atoms with Gasteiger partial charge < -0.3 is 24.0 Å². The number of amides is 3. The van der Waals surface area contributed by atoms with Crippen molar-refractivity contribution in [2.24, 2.45) is 0 Å². The second-order valence-corrected chi connectivity index (χ2v) is 11.4. The minimum atomic E-state index is -3.19. The number of aromatic nitrogens is 1. The summed E-state index contributed by atoms with van der Waals surface area (Å²) in [5.41, 5.74) is 1.36. The van der Waals surface area contributed by atoms with Crippen LogP contribution in [-0.4, -0.2) is 74.4 Å². The Balaban J connectivity index is 1.45. The molecule has 1 aromatic carbocycles. The minimum absolute atomic E-state index is 0.0659. The highest BCUT2D eigenvalue weighted by Gasteiger charge is 2.31. The van der Waals surface area contributed by atoms with Crippen LogP contribution in [0.2, 0.25) is 0 Å². The van der Waals surface area contributed by atoms with Gasteiger partial charge in [-0.05, 0) is 36.2 Å². The molecule has 1 aromatic heterocycles. The SMILES string of the molecule is COP(=O)(CCNC(=O)c1ccnc(N(C)CCOc2ccc(CC3SC(=O)NC3=O)cc2)c1)OC. The van der Waals surface area contributed by atoms with E-state index >= 15 is 0 Å². The molecular weight excluding hydrogens is 507 g/mol. The van der Waals surface area contributed by atoms with Crippen molar-refractivity contribution < 1.29 is 32.7 Å². The molecule has 1 fully saturated rings. The van der Waals surface area contributed by atoms with E-state index in [1.165, 1.54) is 14.2 Å². The number of pyridine rings is 1. The third-order valence-electron chi connectivity index (χ3n) is 5.43. The maximum atomic E-state index is 12.5. The van der Waals surface area contributed by atoms with Crippen molar-refractivity contribution >= 4 is 42.2 Å². The van der Waals surface area contributed by atoms with Gasteiger partial charge >= 0.3 is 7.60 Å². The van der Waals surface area contributed by atoms with Crippen LogP contribution in [0, 0.1) is 0 Å². The van der Waals surface area contributed by atoms with Gasteiger partial charge in [0.25, 0.3) is 11.1 Å². The number of thioether (sulfide) groups is 1. The average Bonchev–Trinajstić information content (AvgIpc) is 3.20. The molecule has 2 heterocycles. The second-order valence-electron chi connectivity index (χ2n) is 7.86. The molecular formula is C23H29N4O7PS. The summed E-state index contributed by atoms with van der Waals surface area (Å²) in [6.07, 6.45) is 2.08. The van der Waals surface area contributed by atoms with Gasteiger partial charge in [-0.1, -0.05) is 23.9 Å². The molecule has 1 aliphatic rings. The Labute approximate surface area is 213 Å². The van der Waals surface area contributed by atoms with Gasteiger partial charge in [0, 0.05) is 39.6 Å². The Hall–Kier alpha value is -2.92. The molecule has 11 nitrogen and oxygen atoms in total. The Morgan fingerprint density at radius 1 is 1.19 bits per heavy atom. The van der Waals surface area contributed by atoms with Gasteiger partial charge in [0.2, 0.25) is 5.91 Å². The first-order chi connectivity index (χ1) is 17.2. The number of nitrogens with one attached hydrogen (secondary N) is 2. The molecule has 1 aliphatic heterocycles. The summed E-state index contributed by atoms with van der Waals surface area (Å²) < 4.78 is 27.6. The molecule has 3 amide bonds. The van der Waals surface area contributed by atoms with E-state index in [2.05, 4.69) is 15.6 Å². The molecule has 3 rings (SSSR count). The number of carbonyl (C=O) groups is 3. The predicted molar refractivity (Wildman–Crippen MR) is 137 cm³/mol. The summed E-state index contributed by atoms with van der Waals surface area (Å²) in [5, 5.41) is 4.28. The quantitative estimate of drug-likeness (QED) is 0.368. The summed E-state index contributed by atoms with van der Waals surface area (Å²) in [4.78, 5) is 41.6. The summed E-state index contributed by atoms with van der Waals surface area (Å²) in [6.45, 7) is 1.04. The third-order valence-corrected chi connectivity index (χ3v) is 8.30. The molecule has 194 valence electrons. The Kier molecular flexibility index (Phi) is 9.89. The fourth-order valence-corrected chi connectivity index (χ4v) is 5.07. The lowest BCUT2D eigenvalue weighted by molar-refractivity contribution is -0.118. The molecule has 0 aliphatic carbocycles. The van der Waals surface area contributed by atoms with Crippen LogP contribution in [-0.2, 0) is 24.8 Å². The van der Waals surface area contributed by atoms with Gasteiger partial charge in [0.05, 0.1) is 18.0 Å². The number of hydrogen-bond donors (Lipinski definition) is 2. The summed E-state index contributed by atoms with van der Waals surface area (Å²) >= 11 is 1.01. The van der Waals surface area contributed by atoms with Crippen LogP contribution in [0.15, 0.2) is 42.6 Å². The molecule has 0 spiro atoms. The van der Waals surface area contributed by atoms with Crippen molar-refractivity contribution in [1.82, 2.24) is 15.6 Å². The highest BCUT2D eigenvalue weighted by atomic mass is 32.2. The van der Waals surface area contributed by atoms with Crippen molar-refractivity contribution in [3.05, 3.63) is 53.7 Å². The van der Waals surface area contributed by atoms with Gasteiger partial charge in [-0.15, -0.1) is 0 Å². The van der Waals surface area contributed by atoms with Crippen molar-refractivity contribution in [3.8, 4) is 5.75 Å². The largest absolute Gasteiger partial charge is 0.492 e. The van der Waals surface area contributed by atoms with Gasteiger partial charge in [0.1, 0.15) is 18.2 Å². The summed E-state index contributed by atoms with van der Waals surface area (Å²) in [6, 6.07) is 10.7. The van der Waals surface area contributed by atoms with Crippen molar-refractivity contribution in [3.63, 3.8) is 0 Å². The van der Waals surface area contributed by atoms with Gasteiger partial charge in [-0.25, -0.2) is 4.98 Å². The predicted octanol–water partition coefficient (Wildman–Crippen LogP) is 2.71. The van der Waals surface area contributed by atoms with Crippen LogP contribution in [0.1, 0.15) is 15.9 Å². The number of hydrogen-bond acceptors (Lipinski definition) is 10. The molecule has 13 heteroatoms. The first-order valence-corrected chi connectivity index (χ1v) is 13.7. The van der Waals surface area contributed by atoms with E-state index in [4.69, 9.17) is 13.8 Å². The maximum Gasteiger partial charge on any atom is 0.331 e. The Bertz CT molecular complexity index is 1120. The second kappa shape index (κ2) is 12.9. The summed E-state index contributed by atoms with van der Waals surface area (Å²) in [7, 11) is 1.26. The van der Waals surface area contributed by atoms with E-state index < -0.39 is 12.8 Å². The number of anilines is 1. The van der Waals surface area contributed by atoms with Crippen molar-refractivity contribution in [2.45, 2.75) is 11.7 Å². The number of likely N-dealkylation sites (N-methyl/N-ethyl adjacent to an activating group) is 1. The number of benzene rings is 1. The first-order valence-electron chi connectivity index (χ1n) is 11.1. The highest BCUT2D eigenvalue weighted by Crippen LogP contribution is 2.45. The number of nitrogens with zero attached hydrogens (tertiary/aromatic N) is 2. The zero-order valence-electron chi connectivity index (χ0n) is 20.3. The zero-order chi connectivity index (χ0) is 26.1. The van der Waals surface area contributed by atoms with E-state index in [-0.39, 0.29) is 29.8 Å². The van der Waals surface area contributed by atoms with E-state index in [0.717, 1.165) is 17.3 Å². The minimum Gasteiger partial charge on any atom is -0.492 e. The van der Waals surface area contributed by atoms with Crippen molar-refractivity contribution in [1.29, 1.82) is 0 Å². The van der Waals surface area contributed by atoms with Crippen LogP contribution < -0.4 is 20.3 Å². The number of imide groups is 1. The third kappa shape index (κ3) is 7.79. The fourth-order valence-electron chi connectivity index (χ4n) is 3.31. The monoisotopic (exact) mass is 536 g/mol. The van der Waals surface area contributed by atoms with Gasteiger partial charge in [-0.3, -0.25) is 24.3 Å². The fraction of sp³-hybridized carbons (Fsp3) is 0.391. The molecule has 1 atom stereocenters. The standard InChI is InChI=1S/C23H29N4O7PS/c1-27(20-15-17(8-9-24-20)21(28)25-10-13-35(31,32-2)33-3)11-12-34-18-6-4-16(5-7-18)14-19-22(29)26-23(30)36-19/h4-9,15,19H,10-14H2,1-3H3,(H,25,28)(H,26,29,30). The molecule has 0 radical (unpaired) electrons. The van der Waals surface area contributed by atoms with Gasteiger partial charge in [-0.2, -0.15) is 0 Å². The van der Waals surface area contributed by atoms with Crippen LogP contribution in [0.5, 0.6) is 5.75 Å². The molecule has 2 N–H and O–H groups in total. The summed E-state index contributed by atoms with van der Waals surface area (Å²) in [5.74, 6) is 0.701. The lowest BCUT2D eigenvalue weighted by Crippen LogP contribution is -2.28. The maximum absolute atomic E-state index is 12.5. The number of rotatable bonds is 13. The topological polar surface area (TPSA) is 136 Å². The van der Waals surface area contributed by atoms with Crippen molar-refractivity contribution in [2.75, 3.05) is 52.0 Å². The first kappa shape index (κ1) is 27.7. The van der Waals surface area contributed by atoms with Crippen LogP contribution >= 0.6 is 19.4 Å².